The second kappa shape index (κ2) is 12.6. The lowest BCUT2D eigenvalue weighted by molar-refractivity contribution is -0.122. The van der Waals surface area contributed by atoms with Gasteiger partial charge in [0.2, 0.25) is 5.91 Å². The first-order valence-corrected chi connectivity index (χ1v) is 13.7. The zero-order valence-corrected chi connectivity index (χ0v) is 23.1. The summed E-state index contributed by atoms with van der Waals surface area (Å²) < 4.78 is 7.06. The highest BCUT2D eigenvalue weighted by atomic mass is 35.5. The van der Waals surface area contributed by atoms with Gasteiger partial charge in [0.15, 0.2) is 0 Å². The summed E-state index contributed by atoms with van der Waals surface area (Å²) in [6.07, 6.45) is 6.48. The topological polar surface area (TPSA) is 89.4 Å². The van der Waals surface area contributed by atoms with Gasteiger partial charge in [-0.05, 0) is 81.1 Å². The van der Waals surface area contributed by atoms with E-state index in [1.165, 1.54) is 19.3 Å². The lowest BCUT2D eigenvalue weighted by atomic mass is 9.94. The van der Waals surface area contributed by atoms with Gasteiger partial charge < -0.3 is 15.4 Å². The quantitative estimate of drug-likeness (QED) is 0.370. The van der Waals surface area contributed by atoms with E-state index in [1.807, 2.05) is 19.1 Å². The number of methoxy groups -OCH3 is 1. The fraction of sp³-hybridized carbons (Fsp3) is 0.433. The number of ketones is 1. The largest absolute Gasteiger partial charge is 0.497 e. The van der Waals surface area contributed by atoms with Crippen LogP contribution in [0.5, 0.6) is 5.75 Å². The average molecular weight is 538 g/mol. The Morgan fingerprint density at radius 1 is 1.08 bits per heavy atom. The Labute approximate surface area is 228 Å². The normalized spacial score (nSPS) is 14.8. The number of ether oxygens (including phenoxy) is 1. The van der Waals surface area contributed by atoms with Gasteiger partial charge in [0.05, 0.1) is 25.1 Å². The lowest BCUT2D eigenvalue weighted by Gasteiger charge is -2.27. The predicted molar refractivity (Wildman–Crippen MR) is 150 cm³/mol. The van der Waals surface area contributed by atoms with Crippen molar-refractivity contribution >= 4 is 40.1 Å². The number of hydrogen-bond acceptors (Lipinski definition) is 5. The molecule has 1 saturated carbocycles. The molecular weight excluding hydrogens is 502 g/mol. The maximum Gasteiger partial charge on any atom is 0.262 e. The molecule has 1 aliphatic rings. The third-order valence-corrected chi connectivity index (χ3v) is 7.71. The monoisotopic (exact) mass is 537 g/mol. The van der Waals surface area contributed by atoms with Crippen LogP contribution in [-0.2, 0) is 16.0 Å². The van der Waals surface area contributed by atoms with Gasteiger partial charge in [-0.25, -0.2) is 0 Å². The standard InChI is InChI=1S/C30H36ClN3O4/c1-19-25(18-29(36)32-16-15-27(20(2)35)33-23-7-5-4-6-8-23)26-17-24(38-3)13-14-28(26)34(19)30(37)21-9-11-22(31)12-10-21/h9-14,17,23,27,33H,4-8,15-16,18H2,1-3H3,(H,32,36). The first kappa shape index (κ1) is 27.9. The molecule has 1 atom stereocenters. The maximum absolute atomic E-state index is 13.5. The van der Waals surface area contributed by atoms with Crippen LogP contribution in [0.2, 0.25) is 5.02 Å². The Hall–Kier alpha value is -3.16. The number of amides is 1. The molecular formula is C30H36ClN3O4. The molecule has 0 radical (unpaired) electrons. The summed E-state index contributed by atoms with van der Waals surface area (Å²) in [6.45, 7) is 3.85. The third-order valence-electron chi connectivity index (χ3n) is 7.46. The van der Waals surface area contributed by atoms with Crippen molar-refractivity contribution in [2.45, 2.75) is 70.9 Å². The summed E-state index contributed by atoms with van der Waals surface area (Å²) in [5.41, 5.74) is 2.67. The van der Waals surface area contributed by atoms with E-state index in [0.717, 1.165) is 23.8 Å². The Balaban J connectivity index is 1.50. The van der Waals surface area contributed by atoms with Crippen molar-refractivity contribution in [3.63, 3.8) is 0 Å². The van der Waals surface area contributed by atoms with E-state index >= 15 is 0 Å². The van der Waals surface area contributed by atoms with Crippen LogP contribution >= 0.6 is 11.6 Å². The zero-order chi connectivity index (χ0) is 27.2. The number of nitrogens with one attached hydrogen (secondary N) is 2. The molecule has 8 heteroatoms. The molecule has 1 aliphatic carbocycles. The van der Waals surface area contributed by atoms with Gasteiger partial charge in [-0.1, -0.05) is 30.9 Å². The highest BCUT2D eigenvalue weighted by Gasteiger charge is 2.23. The minimum absolute atomic E-state index is 0.0940. The van der Waals surface area contributed by atoms with Gasteiger partial charge in [0.1, 0.15) is 11.5 Å². The summed E-state index contributed by atoms with van der Waals surface area (Å²) in [6, 6.07) is 12.4. The smallest absolute Gasteiger partial charge is 0.262 e. The van der Waals surface area contributed by atoms with Crippen molar-refractivity contribution in [1.82, 2.24) is 15.2 Å². The minimum Gasteiger partial charge on any atom is -0.497 e. The Morgan fingerprint density at radius 3 is 2.45 bits per heavy atom. The first-order valence-electron chi connectivity index (χ1n) is 13.3. The second-order valence-electron chi connectivity index (χ2n) is 10.1. The number of aromatic nitrogens is 1. The molecule has 4 rings (SSSR count). The van der Waals surface area contributed by atoms with Crippen molar-refractivity contribution in [1.29, 1.82) is 0 Å². The molecule has 202 valence electrons. The van der Waals surface area contributed by atoms with Crippen molar-refractivity contribution in [2.24, 2.45) is 0 Å². The molecule has 3 aromatic rings. The molecule has 2 aromatic carbocycles. The van der Waals surface area contributed by atoms with Crippen LogP contribution in [0.4, 0.5) is 0 Å². The number of carbonyl (C=O) groups is 3. The predicted octanol–water partition coefficient (Wildman–Crippen LogP) is 5.23. The van der Waals surface area contributed by atoms with Crippen LogP contribution in [0, 0.1) is 6.92 Å². The number of fused-ring (bicyclic) bond motifs is 1. The molecule has 38 heavy (non-hydrogen) atoms. The highest BCUT2D eigenvalue weighted by Crippen LogP contribution is 2.31. The summed E-state index contributed by atoms with van der Waals surface area (Å²) in [5.74, 6) is 0.387. The summed E-state index contributed by atoms with van der Waals surface area (Å²) in [5, 5.41) is 7.82. The van der Waals surface area contributed by atoms with E-state index < -0.39 is 0 Å². The summed E-state index contributed by atoms with van der Waals surface area (Å²) >= 11 is 6.01. The fourth-order valence-electron chi connectivity index (χ4n) is 5.33. The van der Waals surface area contributed by atoms with Gasteiger partial charge >= 0.3 is 0 Å². The fourth-order valence-corrected chi connectivity index (χ4v) is 5.46. The van der Waals surface area contributed by atoms with Crippen molar-refractivity contribution in [3.05, 3.63) is 64.3 Å². The molecule has 0 bridgehead atoms. The molecule has 7 nitrogen and oxygen atoms in total. The molecule has 1 amide bonds. The number of Topliss-reactive ketones (excluding diaryl/α,β-unsaturated/α-hetero) is 1. The molecule has 0 saturated heterocycles. The van der Waals surface area contributed by atoms with E-state index in [1.54, 1.807) is 48.9 Å². The van der Waals surface area contributed by atoms with Crippen LogP contribution in [0.15, 0.2) is 42.5 Å². The molecule has 1 aromatic heterocycles. The summed E-state index contributed by atoms with van der Waals surface area (Å²) in [4.78, 5) is 38.7. The van der Waals surface area contributed by atoms with Crippen LogP contribution in [0.1, 0.15) is 67.1 Å². The lowest BCUT2D eigenvalue weighted by Crippen LogP contribution is -2.45. The molecule has 1 fully saturated rings. The average Bonchev–Trinajstić information content (AvgIpc) is 3.18. The first-order chi connectivity index (χ1) is 18.3. The molecule has 1 unspecified atom stereocenters. The van der Waals surface area contributed by atoms with E-state index in [2.05, 4.69) is 10.6 Å². The maximum atomic E-state index is 13.5. The number of carbonyl (C=O) groups excluding carboxylic acids is 3. The van der Waals surface area contributed by atoms with E-state index in [4.69, 9.17) is 16.3 Å². The number of halogens is 1. The Kier molecular flexibility index (Phi) is 9.23. The van der Waals surface area contributed by atoms with Crippen molar-refractivity contribution < 1.29 is 19.1 Å². The summed E-state index contributed by atoms with van der Waals surface area (Å²) in [7, 11) is 1.59. The second-order valence-corrected chi connectivity index (χ2v) is 10.5. The van der Waals surface area contributed by atoms with Gasteiger partial charge in [-0.2, -0.15) is 0 Å². The highest BCUT2D eigenvalue weighted by molar-refractivity contribution is 6.30. The minimum atomic E-state index is -0.261. The van der Waals surface area contributed by atoms with Gasteiger partial charge in [-0.3, -0.25) is 19.0 Å². The van der Waals surface area contributed by atoms with Gasteiger partial charge in [-0.15, -0.1) is 0 Å². The number of hydrogen-bond donors (Lipinski definition) is 2. The SMILES string of the molecule is COc1ccc2c(c1)c(CC(=O)NCCC(NC1CCCCC1)C(C)=O)c(C)n2C(=O)c1ccc(Cl)cc1. The molecule has 2 N–H and O–H groups in total. The number of nitrogens with zero attached hydrogens (tertiary/aromatic N) is 1. The van der Waals surface area contributed by atoms with Gasteiger partial charge in [0, 0.05) is 34.3 Å². The Morgan fingerprint density at radius 2 is 1.79 bits per heavy atom. The van der Waals surface area contributed by atoms with Crippen molar-refractivity contribution in [2.75, 3.05) is 13.7 Å². The zero-order valence-electron chi connectivity index (χ0n) is 22.3. The van der Waals surface area contributed by atoms with E-state index in [-0.39, 0.29) is 30.1 Å². The van der Waals surface area contributed by atoms with Crippen LogP contribution in [0.3, 0.4) is 0 Å². The van der Waals surface area contributed by atoms with Crippen LogP contribution < -0.4 is 15.4 Å². The number of rotatable bonds is 10. The van der Waals surface area contributed by atoms with E-state index in [0.29, 0.717) is 46.6 Å². The van der Waals surface area contributed by atoms with Crippen LogP contribution in [-0.4, -0.2) is 47.9 Å². The number of benzene rings is 2. The molecule has 0 aliphatic heterocycles. The van der Waals surface area contributed by atoms with E-state index in [9.17, 15) is 14.4 Å². The van der Waals surface area contributed by atoms with Crippen LogP contribution in [0.25, 0.3) is 10.9 Å². The van der Waals surface area contributed by atoms with Gasteiger partial charge in [0.25, 0.3) is 5.91 Å². The third kappa shape index (κ3) is 6.45. The van der Waals surface area contributed by atoms with Crippen molar-refractivity contribution in [3.8, 4) is 5.75 Å². The molecule has 1 heterocycles. The molecule has 0 spiro atoms. The Bertz CT molecular complexity index is 1310.